The highest BCUT2D eigenvalue weighted by molar-refractivity contribution is 4.63. The molecule has 2 nitrogen and oxygen atoms in total. The SMILES string of the molecule is CCCCCCCCC(CCCCCC)C(O)OCC. The van der Waals surface area contributed by atoms with E-state index in [1.807, 2.05) is 6.92 Å². The van der Waals surface area contributed by atoms with Crippen molar-refractivity contribution in [1.29, 1.82) is 0 Å². The summed E-state index contributed by atoms with van der Waals surface area (Å²) in [5.74, 6) is 0.345. The molecule has 2 heteroatoms. The molecule has 2 unspecified atom stereocenters. The minimum absolute atomic E-state index is 0.345. The third-order valence-electron chi connectivity index (χ3n) is 4.10. The largest absolute Gasteiger partial charge is 0.368 e. The highest BCUT2D eigenvalue weighted by Crippen LogP contribution is 2.22. The standard InChI is InChI=1S/C18H38O2/c1-4-7-9-11-12-14-16-17(18(19)20-6-3)15-13-10-8-5-2/h17-19H,4-16H2,1-3H3. The molecule has 0 heterocycles. The Morgan fingerprint density at radius 2 is 1.15 bits per heavy atom. The van der Waals surface area contributed by atoms with Crippen molar-refractivity contribution in [1.82, 2.24) is 0 Å². The van der Waals surface area contributed by atoms with Gasteiger partial charge in [-0.05, 0) is 19.8 Å². The second-order valence-corrected chi connectivity index (χ2v) is 6.01. The molecule has 0 aromatic heterocycles. The average molecular weight is 286 g/mol. The van der Waals surface area contributed by atoms with E-state index >= 15 is 0 Å². The van der Waals surface area contributed by atoms with Crippen LogP contribution in [-0.4, -0.2) is 18.0 Å². The number of unbranched alkanes of at least 4 members (excludes halogenated alkanes) is 8. The van der Waals surface area contributed by atoms with E-state index in [0.29, 0.717) is 12.5 Å². The van der Waals surface area contributed by atoms with Crippen LogP contribution in [0.1, 0.15) is 97.8 Å². The molecule has 0 spiro atoms. The van der Waals surface area contributed by atoms with Crippen LogP contribution in [0, 0.1) is 5.92 Å². The van der Waals surface area contributed by atoms with Crippen molar-refractivity contribution < 1.29 is 9.84 Å². The molecule has 0 amide bonds. The van der Waals surface area contributed by atoms with Crippen molar-refractivity contribution in [3.05, 3.63) is 0 Å². The number of ether oxygens (including phenoxy) is 1. The van der Waals surface area contributed by atoms with Gasteiger partial charge < -0.3 is 9.84 Å². The van der Waals surface area contributed by atoms with Gasteiger partial charge in [0.1, 0.15) is 0 Å². The van der Waals surface area contributed by atoms with Gasteiger partial charge in [0, 0.05) is 12.5 Å². The van der Waals surface area contributed by atoms with E-state index in [4.69, 9.17) is 4.74 Å². The fourth-order valence-electron chi connectivity index (χ4n) is 2.76. The Morgan fingerprint density at radius 1 is 0.700 bits per heavy atom. The van der Waals surface area contributed by atoms with Gasteiger partial charge in [0.05, 0.1) is 0 Å². The second kappa shape index (κ2) is 15.3. The van der Waals surface area contributed by atoms with Gasteiger partial charge in [-0.25, -0.2) is 0 Å². The van der Waals surface area contributed by atoms with Crippen molar-refractivity contribution in [3.8, 4) is 0 Å². The Morgan fingerprint density at radius 3 is 1.65 bits per heavy atom. The highest BCUT2D eigenvalue weighted by Gasteiger charge is 2.18. The lowest BCUT2D eigenvalue weighted by atomic mass is 9.93. The average Bonchev–Trinajstić information content (AvgIpc) is 2.45. The van der Waals surface area contributed by atoms with Crippen LogP contribution >= 0.6 is 0 Å². The van der Waals surface area contributed by atoms with Crippen LogP contribution in [-0.2, 0) is 4.74 Å². The third kappa shape index (κ3) is 11.7. The molecule has 0 aliphatic rings. The molecule has 0 radical (unpaired) electrons. The number of hydrogen-bond donors (Lipinski definition) is 1. The smallest absolute Gasteiger partial charge is 0.157 e. The Bertz CT molecular complexity index is 182. The van der Waals surface area contributed by atoms with E-state index in [0.717, 1.165) is 12.8 Å². The minimum atomic E-state index is -0.544. The predicted molar refractivity (Wildman–Crippen MR) is 87.9 cm³/mol. The van der Waals surface area contributed by atoms with Gasteiger partial charge in [-0.3, -0.25) is 0 Å². The molecule has 0 fully saturated rings. The molecule has 0 bridgehead atoms. The van der Waals surface area contributed by atoms with Gasteiger partial charge in [0.2, 0.25) is 0 Å². The zero-order valence-corrected chi connectivity index (χ0v) is 14.2. The monoisotopic (exact) mass is 286 g/mol. The van der Waals surface area contributed by atoms with Crippen molar-refractivity contribution in [2.24, 2.45) is 5.92 Å². The molecule has 0 rings (SSSR count). The number of aliphatic hydroxyl groups excluding tert-OH is 1. The Labute approximate surface area is 127 Å². The van der Waals surface area contributed by atoms with Crippen LogP contribution in [0.3, 0.4) is 0 Å². The summed E-state index contributed by atoms with van der Waals surface area (Å²) in [6, 6.07) is 0. The quantitative estimate of drug-likeness (QED) is 0.310. The molecule has 0 aromatic carbocycles. The number of aliphatic hydroxyl groups is 1. The zero-order valence-electron chi connectivity index (χ0n) is 14.2. The predicted octanol–water partition coefficient (Wildman–Crippen LogP) is 5.68. The van der Waals surface area contributed by atoms with Crippen LogP contribution in [0.5, 0.6) is 0 Å². The van der Waals surface area contributed by atoms with Crippen molar-refractivity contribution in [2.45, 2.75) is 104 Å². The lowest BCUT2D eigenvalue weighted by Crippen LogP contribution is -2.24. The summed E-state index contributed by atoms with van der Waals surface area (Å²) in [7, 11) is 0. The molecule has 0 saturated carbocycles. The maximum absolute atomic E-state index is 10.1. The van der Waals surface area contributed by atoms with Crippen LogP contribution in [0.25, 0.3) is 0 Å². The molecular formula is C18H38O2. The van der Waals surface area contributed by atoms with Crippen LogP contribution < -0.4 is 0 Å². The van der Waals surface area contributed by atoms with Gasteiger partial charge in [0.15, 0.2) is 6.29 Å². The van der Waals surface area contributed by atoms with E-state index in [2.05, 4.69) is 13.8 Å². The lowest BCUT2D eigenvalue weighted by Gasteiger charge is -2.22. The molecule has 0 aliphatic heterocycles. The molecule has 122 valence electrons. The molecule has 1 N–H and O–H groups in total. The van der Waals surface area contributed by atoms with Gasteiger partial charge >= 0.3 is 0 Å². The van der Waals surface area contributed by atoms with E-state index in [1.165, 1.54) is 64.2 Å². The fraction of sp³-hybridized carbons (Fsp3) is 1.00. The molecule has 20 heavy (non-hydrogen) atoms. The summed E-state index contributed by atoms with van der Waals surface area (Å²) in [5.41, 5.74) is 0. The molecular weight excluding hydrogens is 248 g/mol. The number of rotatable bonds is 15. The van der Waals surface area contributed by atoms with E-state index in [1.54, 1.807) is 0 Å². The summed E-state index contributed by atoms with van der Waals surface area (Å²) < 4.78 is 5.41. The van der Waals surface area contributed by atoms with Crippen LogP contribution in [0.2, 0.25) is 0 Å². The van der Waals surface area contributed by atoms with Crippen molar-refractivity contribution >= 4 is 0 Å². The lowest BCUT2D eigenvalue weighted by molar-refractivity contribution is -0.134. The maximum Gasteiger partial charge on any atom is 0.157 e. The minimum Gasteiger partial charge on any atom is -0.368 e. The first-order valence-corrected chi connectivity index (χ1v) is 9.05. The van der Waals surface area contributed by atoms with E-state index < -0.39 is 6.29 Å². The fourth-order valence-corrected chi connectivity index (χ4v) is 2.76. The number of hydrogen-bond acceptors (Lipinski definition) is 2. The summed E-state index contributed by atoms with van der Waals surface area (Å²) in [5, 5.41) is 10.1. The van der Waals surface area contributed by atoms with Crippen LogP contribution in [0.4, 0.5) is 0 Å². The first-order chi connectivity index (χ1) is 9.76. The highest BCUT2D eigenvalue weighted by atomic mass is 16.6. The Hall–Kier alpha value is -0.0800. The molecule has 2 atom stereocenters. The van der Waals surface area contributed by atoms with E-state index in [9.17, 15) is 5.11 Å². The third-order valence-corrected chi connectivity index (χ3v) is 4.10. The first-order valence-electron chi connectivity index (χ1n) is 9.05. The molecule has 0 aliphatic carbocycles. The normalized spacial score (nSPS) is 14.4. The Kier molecular flexibility index (Phi) is 15.3. The van der Waals surface area contributed by atoms with Crippen molar-refractivity contribution in [2.75, 3.05) is 6.61 Å². The maximum atomic E-state index is 10.1. The first kappa shape index (κ1) is 19.9. The summed E-state index contributed by atoms with van der Waals surface area (Å²) >= 11 is 0. The van der Waals surface area contributed by atoms with Gasteiger partial charge in [0.25, 0.3) is 0 Å². The zero-order chi connectivity index (χ0) is 15.1. The molecule has 0 aromatic rings. The van der Waals surface area contributed by atoms with Crippen LogP contribution in [0.15, 0.2) is 0 Å². The molecule has 0 saturated heterocycles. The summed E-state index contributed by atoms with van der Waals surface area (Å²) in [4.78, 5) is 0. The Balaban J connectivity index is 3.80. The van der Waals surface area contributed by atoms with Gasteiger partial charge in [-0.15, -0.1) is 0 Å². The van der Waals surface area contributed by atoms with Crippen molar-refractivity contribution in [3.63, 3.8) is 0 Å². The van der Waals surface area contributed by atoms with Gasteiger partial charge in [-0.1, -0.05) is 78.1 Å². The van der Waals surface area contributed by atoms with E-state index in [-0.39, 0.29) is 0 Å². The second-order valence-electron chi connectivity index (χ2n) is 6.01. The summed E-state index contributed by atoms with van der Waals surface area (Å²) in [6.07, 6.45) is 14.8. The topological polar surface area (TPSA) is 29.5 Å². The summed E-state index contributed by atoms with van der Waals surface area (Å²) in [6.45, 7) is 7.07. The van der Waals surface area contributed by atoms with Gasteiger partial charge in [-0.2, -0.15) is 0 Å².